The van der Waals surface area contributed by atoms with Crippen molar-refractivity contribution in [1.29, 1.82) is 0 Å². The summed E-state index contributed by atoms with van der Waals surface area (Å²) >= 11 is 0. The van der Waals surface area contributed by atoms with Crippen LogP contribution in [-0.4, -0.2) is 63.1 Å². The molecule has 0 radical (unpaired) electrons. The molecule has 0 aliphatic carbocycles. The lowest BCUT2D eigenvalue weighted by atomic mass is 9.89. The van der Waals surface area contributed by atoms with E-state index in [2.05, 4.69) is 0 Å². The summed E-state index contributed by atoms with van der Waals surface area (Å²) in [5, 5.41) is 28.4. The van der Waals surface area contributed by atoms with Gasteiger partial charge in [-0.05, 0) is 6.42 Å². The molecule has 18 heavy (non-hydrogen) atoms. The SMILES string of the molecule is CC(C)P(=O)(O)CC[C@]1(CO)C[C@H](O)[C@H](O)CO1. The molecule has 1 rings (SSSR count). The minimum atomic E-state index is -3.26. The number of rotatable bonds is 5. The third-order valence-electron chi connectivity index (χ3n) is 3.57. The molecule has 4 N–H and O–H groups in total. The van der Waals surface area contributed by atoms with E-state index in [1.165, 1.54) is 0 Å². The highest BCUT2D eigenvalue weighted by molar-refractivity contribution is 7.58. The monoisotopic (exact) mass is 282 g/mol. The van der Waals surface area contributed by atoms with Crippen LogP contribution in [0.15, 0.2) is 0 Å². The first-order valence-corrected chi connectivity index (χ1v) is 8.06. The molecule has 4 atom stereocenters. The second kappa shape index (κ2) is 5.99. The zero-order valence-corrected chi connectivity index (χ0v) is 11.7. The molecule has 0 saturated carbocycles. The van der Waals surface area contributed by atoms with E-state index in [1.807, 2.05) is 0 Å². The molecule has 0 bridgehead atoms. The molecule has 1 aliphatic heterocycles. The van der Waals surface area contributed by atoms with E-state index in [0.29, 0.717) is 0 Å². The number of aliphatic hydroxyl groups excluding tert-OH is 3. The van der Waals surface area contributed by atoms with E-state index in [0.717, 1.165) is 0 Å². The van der Waals surface area contributed by atoms with Crippen LogP contribution in [0.4, 0.5) is 0 Å². The van der Waals surface area contributed by atoms with Gasteiger partial charge in [-0.3, -0.25) is 4.57 Å². The molecule has 0 amide bonds. The van der Waals surface area contributed by atoms with E-state index in [4.69, 9.17) is 4.74 Å². The van der Waals surface area contributed by atoms with Crippen LogP contribution < -0.4 is 0 Å². The Morgan fingerprint density at radius 2 is 2.00 bits per heavy atom. The molecule has 1 aliphatic rings. The van der Waals surface area contributed by atoms with E-state index in [-0.39, 0.29) is 37.9 Å². The third kappa shape index (κ3) is 3.76. The van der Waals surface area contributed by atoms with Crippen LogP contribution in [0.3, 0.4) is 0 Å². The van der Waals surface area contributed by atoms with Crippen molar-refractivity contribution in [3.05, 3.63) is 0 Å². The minimum Gasteiger partial charge on any atom is -0.393 e. The molecule has 0 aromatic heterocycles. The fraction of sp³-hybridized carbons (Fsp3) is 1.00. The first-order chi connectivity index (χ1) is 8.22. The lowest BCUT2D eigenvalue weighted by Gasteiger charge is -2.40. The van der Waals surface area contributed by atoms with Gasteiger partial charge in [-0.2, -0.15) is 0 Å². The number of ether oxygens (including phenoxy) is 1. The van der Waals surface area contributed by atoms with Crippen LogP contribution in [0.1, 0.15) is 26.7 Å². The van der Waals surface area contributed by atoms with Gasteiger partial charge in [0.25, 0.3) is 0 Å². The van der Waals surface area contributed by atoms with Crippen LogP contribution in [-0.2, 0) is 9.30 Å². The molecule has 0 aromatic rings. The highest BCUT2D eigenvalue weighted by Crippen LogP contribution is 2.48. The fourth-order valence-electron chi connectivity index (χ4n) is 1.93. The zero-order chi connectivity index (χ0) is 14.0. The van der Waals surface area contributed by atoms with Gasteiger partial charge in [0, 0.05) is 18.2 Å². The highest BCUT2D eigenvalue weighted by atomic mass is 31.2. The summed E-state index contributed by atoms with van der Waals surface area (Å²) in [5.74, 6) is 0. The smallest absolute Gasteiger partial charge is 0.203 e. The summed E-state index contributed by atoms with van der Waals surface area (Å²) < 4.78 is 17.2. The first kappa shape index (κ1) is 16.1. The van der Waals surface area contributed by atoms with Crippen molar-refractivity contribution >= 4 is 7.37 Å². The molecule has 0 spiro atoms. The van der Waals surface area contributed by atoms with E-state index < -0.39 is 25.2 Å². The second-order valence-electron chi connectivity index (χ2n) is 5.31. The largest absolute Gasteiger partial charge is 0.393 e. The summed E-state index contributed by atoms with van der Waals surface area (Å²) in [6, 6.07) is 0. The lowest BCUT2D eigenvalue weighted by Crippen LogP contribution is -2.51. The van der Waals surface area contributed by atoms with Crippen molar-refractivity contribution in [2.75, 3.05) is 19.4 Å². The molecule has 0 aromatic carbocycles. The van der Waals surface area contributed by atoms with Gasteiger partial charge in [0.15, 0.2) is 0 Å². The van der Waals surface area contributed by atoms with Crippen molar-refractivity contribution in [3.63, 3.8) is 0 Å². The molecule has 1 saturated heterocycles. The van der Waals surface area contributed by atoms with Crippen molar-refractivity contribution in [3.8, 4) is 0 Å². The van der Waals surface area contributed by atoms with Gasteiger partial charge in [0.1, 0.15) is 6.10 Å². The summed E-state index contributed by atoms with van der Waals surface area (Å²) in [6.45, 7) is 2.94. The number of aliphatic hydroxyl groups is 3. The molecule has 1 unspecified atom stereocenters. The summed E-state index contributed by atoms with van der Waals surface area (Å²) in [5.41, 5.74) is -1.36. The predicted molar refractivity (Wildman–Crippen MR) is 66.8 cm³/mol. The Bertz CT molecular complexity index is 321. The van der Waals surface area contributed by atoms with Crippen LogP contribution in [0, 0.1) is 0 Å². The van der Waals surface area contributed by atoms with Gasteiger partial charge in [-0.15, -0.1) is 0 Å². The zero-order valence-electron chi connectivity index (χ0n) is 10.8. The maximum atomic E-state index is 11.9. The quantitative estimate of drug-likeness (QED) is 0.526. The van der Waals surface area contributed by atoms with Gasteiger partial charge >= 0.3 is 0 Å². The second-order valence-corrected chi connectivity index (χ2v) is 8.31. The first-order valence-electron chi connectivity index (χ1n) is 6.15. The Balaban J connectivity index is 2.65. The van der Waals surface area contributed by atoms with Crippen LogP contribution >= 0.6 is 7.37 Å². The highest BCUT2D eigenvalue weighted by Gasteiger charge is 2.42. The van der Waals surface area contributed by atoms with Crippen LogP contribution in [0.25, 0.3) is 0 Å². The Labute approximate surface area is 107 Å². The number of hydrogen-bond acceptors (Lipinski definition) is 5. The topological polar surface area (TPSA) is 107 Å². The summed E-state index contributed by atoms with van der Waals surface area (Å²) in [6.07, 6.45) is -1.63. The molecular formula is C11H23O6P. The molecular weight excluding hydrogens is 259 g/mol. The average Bonchev–Trinajstić information content (AvgIpc) is 2.31. The van der Waals surface area contributed by atoms with Crippen molar-refractivity contribution in [2.45, 2.75) is 50.2 Å². The van der Waals surface area contributed by atoms with Gasteiger partial charge in [-0.25, -0.2) is 0 Å². The van der Waals surface area contributed by atoms with E-state index >= 15 is 0 Å². The lowest BCUT2D eigenvalue weighted by molar-refractivity contribution is -0.186. The predicted octanol–water partition coefficient (Wildman–Crippen LogP) is -0.0715. The van der Waals surface area contributed by atoms with Crippen LogP contribution in [0.5, 0.6) is 0 Å². The fourth-order valence-corrected chi connectivity index (χ4v) is 3.18. The van der Waals surface area contributed by atoms with Crippen molar-refractivity contribution in [2.24, 2.45) is 0 Å². The maximum absolute atomic E-state index is 11.9. The van der Waals surface area contributed by atoms with Gasteiger partial charge in [0.2, 0.25) is 7.37 Å². The molecule has 7 heteroatoms. The summed E-state index contributed by atoms with van der Waals surface area (Å²) in [4.78, 5) is 9.76. The molecule has 108 valence electrons. The Morgan fingerprint density at radius 3 is 2.44 bits per heavy atom. The average molecular weight is 282 g/mol. The van der Waals surface area contributed by atoms with Gasteiger partial charge in [0.05, 0.1) is 24.9 Å². The summed E-state index contributed by atoms with van der Waals surface area (Å²) in [7, 11) is -3.26. The van der Waals surface area contributed by atoms with E-state index in [1.54, 1.807) is 13.8 Å². The Morgan fingerprint density at radius 1 is 1.39 bits per heavy atom. The standard InChI is InChI=1S/C11H23O6P/c1-8(2)18(15,16)4-3-11(7-12)5-9(13)10(14)6-17-11/h8-10,12-14H,3-7H2,1-2H3,(H,15,16)/t9-,10+,11+/m0/s1. The van der Waals surface area contributed by atoms with Gasteiger partial charge in [-0.1, -0.05) is 13.8 Å². The van der Waals surface area contributed by atoms with Crippen molar-refractivity contribution < 1.29 is 29.5 Å². The van der Waals surface area contributed by atoms with Crippen molar-refractivity contribution in [1.82, 2.24) is 0 Å². The molecule has 1 heterocycles. The molecule has 6 nitrogen and oxygen atoms in total. The third-order valence-corrected chi connectivity index (χ3v) is 6.05. The molecule has 1 fully saturated rings. The Kier molecular flexibility index (Phi) is 5.35. The normalized spacial score (nSPS) is 36.6. The van der Waals surface area contributed by atoms with Crippen LogP contribution in [0.2, 0.25) is 0 Å². The minimum absolute atomic E-state index is 0.0358. The Hall–Kier alpha value is 0.0300. The number of hydrogen-bond donors (Lipinski definition) is 4. The maximum Gasteiger partial charge on any atom is 0.203 e. The van der Waals surface area contributed by atoms with E-state index in [9.17, 15) is 24.8 Å². The van der Waals surface area contributed by atoms with Gasteiger partial charge < -0.3 is 24.9 Å².